The summed E-state index contributed by atoms with van der Waals surface area (Å²) in [5.74, 6) is 1.48. The van der Waals surface area contributed by atoms with Gasteiger partial charge in [-0.05, 0) is 25.8 Å². The minimum Gasteiger partial charge on any atom is -0.466 e. The molecule has 2 aliphatic rings. The summed E-state index contributed by atoms with van der Waals surface area (Å²) >= 11 is 0. The van der Waals surface area contributed by atoms with Crippen molar-refractivity contribution in [3.63, 3.8) is 0 Å². The van der Waals surface area contributed by atoms with Crippen LogP contribution < -0.4 is 0 Å². The maximum atomic E-state index is 11.3. The van der Waals surface area contributed by atoms with E-state index in [9.17, 15) is 4.79 Å². The van der Waals surface area contributed by atoms with Crippen molar-refractivity contribution in [2.75, 3.05) is 26.7 Å². The van der Waals surface area contributed by atoms with Crippen LogP contribution in [0.25, 0.3) is 0 Å². The summed E-state index contributed by atoms with van der Waals surface area (Å²) in [6, 6.07) is 0. The molecule has 1 aliphatic heterocycles. The van der Waals surface area contributed by atoms with Crippen LogP contribution in [-0.2, 0) is 9.53 Å². The summed E-state index contributed by atoms with van der Waals surface area (Å²) in [5.41, 5.74) is 0. The lowest BCUT2D eigenvalue weighted by Crippen LogP contribution is -2.22. The zero-order valence-corrected chi connectivity index (χ0v) is 7.62. The molecule has 0 N–H and O–H groups in total. The molecule has 0 bridgehead atoms. The Morgan fingerprint density at radius 2 is 2.08 bits per heavy atom. The van der Waals surface area contributed by atoms with Crippen molar-refractivity contribution in [2.45, 2.75) is 6.92 Å². The molecule has 3 nitrogen and oxygen atoms in total. The summed E-state index contributed by atoms with van der Waals surface area (Å²) in [6.45, 7) is 4.54. The lowest BCUT2D eigenvalue weighted by atomic mass is 10.3. The van der Waals surface area contributed by atoms with Gasteiger partial charge in [0.05, 0.1) is 12.5 Å². The highest BCUT2D eigenvalue weighted by Gasteiger charge is 2.59. The Kier molecular flexibility index (Phi) is 1.83. The van der Waals surface area contributed by atoms with Crippen LogP contribution in [0, 0.1) is 17.8 Å². The third kappa shape index (κ3) is 1.12. The van der Waals surface area contributed by atoms with Gasteiger partial charge in [0.25, 0.3) is 0 Å². The van der Waals surface area contributed by atoms with E-state index >= 15 is 0 Å². The number of ether oxygens (including phenoxy) is 1. The lowest BCUT2D eigenvalue weighted by molar-refractivity contribution is -0.145. The van der Waals surface area contributed by atoms with E-state index < -0.39 is 0 Å². The molecule has 0 radical (unpaired) electrons. The number of rotatable bonds is 2. The fourth-order valence-electron chi connectivity index (χ4n) is 2.33. The van der Waals surface area contributed by atoms with Crippen molar-refractivity contribution in [3.05, 3.63) is 0 Å². The average molecular weight is 169 g/mol. The number of fused-ring (bicyclic) bond motifs is 1. The van der Waals surface area contributed by atoms with Crippen molar-refractivity contribution in [3.8, 4) is 0 Å². The van der Waals surface area contributed by atoms with E-state index in [0.29, 0.717) is 18.4 Å². The van der Waals surface area contributed by atoms with Gasteiger partial charge in [-0.15, -0.1) is 0 Å². The van der Waals surface area contributed by atoms with Crippen LogP contribution in [0.15, 0.2) is 0 Å². The normalized spacial score (nSPS) is 39.3. The van der Waals surface area contributed by atoms with Crippen molar-refractivity contribution < 1.29 is 9.53 Å². The second-order valence-corrected chi connectivity index (χ2v) is 3.83. The van der Waals surface area contributed by atoms with E-state index in [-0.39, 0.29) is 11.9 Å². The van der Waals surface area contributed by atoms with Gasteiger partial charge in [0.2, 0.25) is 0 Å². The molecular formula is C9H15NO2. The number of hydrogen-bond acceptors (Lipinski definition) is 3. The van der Waals surface area contributed by atoms with Crippen LogP contribution in [0.4, 0.5) is 0 Å². The predicted molar refractivity (Wildman–Crippen MR) is 44.6 cm³/mol. The van der Waals surface area contributed by atoms with Crippen molar-refractivity contribution in [1.82, 2.24) is 4.90 Å². The number of carbonyl (C=O) groups excluding carboxylic acids is 1. The van der Waals surface area contributed by atoms with Crippen molar-refractivity contribution >= 4 is 5.97 Å². The van der Waals surface area contributed by atoms with Crippen LogP contribution in [-0.4, -0.2) is 37.6 Å². The highest BCUT2D eigenvalue weighted by Crippen LogP contribution is 2.51. The quantitative estimate of drug-likeness (QED) is 0.559. The standard InChI is InChI=1S/C9H15NO2/c1-3-12-9(11)8-6-4-10(2)5-7(6)8/h6-8H,3-5H2,1-2H3. The smallest absolute Gasteiger partial charge is 0.309 e. The highest BCUT2D eigenvalue weighted by molar-refractivity contribution is 5.77. The molecular weight excluding hydrogens is 154 g/mol. The second-order valence-electron chi connectivity index (χ2n) is 3.83. The van der Waals surface area contributed by atoms with Crippen LogP contribution in [0.1, 0.15) is 6.92 Å². The molecule has 1 saturated carbocycles. The maximum absolute atomic E-state index is 11.3. The van der Waals surface area contributed by atoms with E-state index in [1.54, 1.807) is 0 Å². The van der Waals surface area contributed by atoms with Crippen LogP contribution in [0.2, 0.25) is 0 Å². The zero-order valence-electron chi connectivity index (χ0n) is 7.62. The molecule has 0 aromatic rings. The van der Waals surface area contributed by atoms with Gasteiger partial charge in [0.15, 0.2) is 0 Å². The van der Waals surface area contributed by atoms with E-state index in [1.165, 1.54) is 0 Å². The molecule has 12 heavy (non-hydrogen) atoms. The highest BCUT2D eigenvalue weighted by atomic mass is 16.5. The largest absolute Gasteiger partial charge is 0.466 e. The van der Waals surface area contributed by atoms with Gasteiger partial charge in [-0.1, -0.05) is 0 Å². The van der Waals surface area contributed by atoms with Crippen LogP contribution in [0.3, 0.4) is 0 Å². The summed E-state index contributed by atoms with van der Waals surface area (Å²) < 4.78 is 4.98. The fraction of sp³-hybridized carbons (Fsp3) is 0.889. The third-order valence-corrected chi connectivity index (χ3v) is 2.94. The molecule has 3 heteroatoms. The van der Waals surface area contributed by atoms with Gasteiger partial charge in [-0.2, -0.15) is 0 Å². The van der Waals surface area contributed by atoms with E-state index in [2.05, 4.69) is 11.9 Å². The second kappa shape index (κ2) is 2.73. The lowest BCUT2D eigenvalue weighted by Gasteiger charge is -2.11. The molecule has 68 valence electrons. The van der Waals surface area contributed by atoms with Crippen LogP contribution >= 0.6 is 0 Å². The van der Waals surface area contributed by atoms with E-state index in [1.807, 2.05) is 6.92 Å². The van der Waals surface area contributed by atoms with Gasteiger partial charge in [-0.25, -0.2) is 0 Å². The number of esters is 1. The monoisotopic (exact) mass is 169 g/mol. The molecule has 2 unspecified atom stereocenters. The third-order valence-electron chi connectivity index (χ3n) is 2.94. The Labute approximate surface area is 72.7 Å². The van der Waals surface area contributed by atoms with Crippen LogP contribution in [0.5, 0.6) is 0 Å². The number of piperidine rings is 1. The summed E-state index contributed by atoms with van der Waals surface area (Å²) in [6.07, 6.45) is 0. The number of likely N-dealkylation sites (tertiary alicyclic amines) is 1. The molecule has 1 heterocycles. The van der Waals surface area contributed by atoms with Gasteiger partial charge >= 0.3 is 5.97 Å². The van der Waals surface area contributed by atoms with Gasteiger partial charge in [0.1, 0.15) is 0 Å². The minimum absolute atomic E-state index is 0.0283. The Bertz CT molecular complexity index is 193. The molecule has 2 fully saturated rings. The summed E-state index contributed by atoms with van der Waals surface area (Å²) in [7, 11) is 2.11. The molecule has 0 spiro atoms. The predicted octanol–water partition coefficient (Wildman–Crippen LogP) is 0.357. The Morgan fingerprint density at radius 1 is 1.50 bits per heavy atom. The molecule has 0 amide bonds. The first-order valence-corrected chi connectivity index (χ1v) is 4.59. The summed E-state index contributed by atoms with van der Waals surface area (Å²) in [4.78, 5) is 13.6. The van der Waals surface area contributed by atoms with E-state index in [4.69, 9.17) is 4.74 Å². The number of nitrogens with zero attached hydrogens (tertiary/aromatic N) is 1. The van der Waals surface area contributed by atoms with Crippen molar-refractivity contribution in [2.24, 2.45) is 17.8 Å². The van der Waals surface area contributed by atoms with Gasteiger partial charge in [-0.3, -0.25) is 4.79 Å². The first kappa shape index (κ1) is 8.05. The average Bonchev–Trinajstić information content (AvgIpc) is 2.51. The topological polar surface area (TPSA) is 29.5 Å². The molecule has 2 rings (SSSR count). The van der Waals surface area contributed by atoms with Crippen molar-refractivity contribution in [1.29, 1.82) is 0 Å². The molecule has 0 aromatic carbocycles. The van der Waals surface area contributed by atoms with E-state index in [0.717, 1.165) is 13.1 Å². The fourth-order valence-corrected chi connectivity index (χ4v) is 2.33. The molecule has 1 aliphatic carbocycles. The Hall–Kier alpha value is -0.570. The SMILES string of the molecule is CCOC(=O)C1C2CN(C)CC21. The van der Waals surface area contributed by atoms with Gasteiger partial charge < -0.3 is 9.64 Å². The summed E-state index contributed by atoms with van der Waals surface area (Å²) in [5, 5.41) is 0. The molecule has 0 aromatic heterocycles. The first-order valence-electron chi connectivity index (χ1n) is 4.59. The number of carbonyl (C=O) groups is 1. The number of hydrogen-bond donors (Lipinski definition) is 0. The zero-order chi connectivity index (χ0) is 8.72. The molecule has 2 atom stereocenters. The van der Waals surface area contributed by atoms with Gasteiger partial charge in [0, 0.05) is 13.1 Å². The Morgan fingerprint density at radius 3 is 2.58 bits per heavy atom. The maximum Gasteiger partial charge on any atom is 0.309 e. The Balaban J connectivity index is 1.85. The minimum atomic E-state index is 0.0283. The first-order chi connectivity index (χ1) is 5.74. The molecule has 1 saturated heterocycles.